The molecule has 0 aliphatic carbocycles. The number of rotatable bonds is 6. The van der Waals surface area contributed by atoms with Crippen LogP contribution >= 0.6 is 0 Å². The molecule has 0 atom stereocenters. The van der Waals surface area contributed by atoms with Gasteiger partial charge < -0.3 is 16.0 Å². The third-order valence-electron chi connectivity index (χ3n) is 2.69. The molecule has 0 saturated heterocycles. The van der Waals surface area contributed by atoms with E-state index in [-0.39, 0.29) is 5.91 Å². The second-order valence-corrected chi connectivity index (χ2v) is 5.35. The Hall–Kier alpha value is -2.04. The second-order valence-electron chi connectivity index (χ2n) is 5.35. The van der Waals surface area contributed by atoms with E-state index in [1.165, 1.54) is 6.92 Å². The Morgan fingerprint density at radius 2 is 2.05 bits per heavy atom. The molecule has 5 heteroatoms. The number of nitrogens with one attached hydrogen (secondary N) is 3. The van der Waals surface area contributed by atoms with Crippen LogP contribution in [0.5, 0.6) is 0 Å². The molecule has 21 heavy (non-hydrogen) atoms. The summed E-state index contributed by atoms with van der Waals surface area (Å²) in [5.41, 5.74) is 1.86. The molecule has 116 valence electrons. The van der Waals surface area contributed by atoms with Crippen LogP contribution in [0.1, 0.15) is 33.3 Å². The number of amides is 1. The van der Waals surface area contributed by atoms with E-state index in [1.807, 2.05) is 31.2 Å². The van der Waals surface area contributed by atoms with E-state index in [0.717, 1.165) is 30.3 Å². The van der Waals surface area contributed by atoms with E-state index in [2.05, 4.69) is 34.8 Å². The summed E-state index contributed by atoms with van der Waals surface area (Å²) in [5.74, 6) is 1.32. The lowest BCUT2D eigenvalue weighted by atomic mass is 10.2. The van der Waals surface area contributed by atoms with Gasteiger partial charge in [0.2, 0.25) is 5.91 Å². The molecular weight excluding hydrogens is 264 g/mol. The van der Waals surface area contributed by atoms with Crippen molar-refractivity contribution in [1.82, 2.24) is 10.6 Å². The quantitative estimate of drug-likeness (QED) is 0.556. The summed E-state index contributed by atoms with van der Waals surface area (Å²) in [6, 6.07) is 7.74. The summed E-state index contributed by atoms with van der Waals surface area (Å²) in [4.78, 5) is 15.6. The van der Waals surface area contributed by atoms with Crippen LogP contribution < -0.4 is 16.0 Å². The zero-order valence-corrected chi connectivity index (χ0v) is 13.4. The van der Waals surface area contributed by atoms with Crippen molar-refractivity contribution in [3.8, 4) is 0 Å². The summed E-state index contributed by atoms with van der Waals surface area (Å²) < 4.78 is 0. The van der Waals surface area contributed by atoms with Crippen LogP contribution in [0, 0.1) is 5.92 Å². The molecule has 5 nitrogen and oxygen atoms in total. The third-order valence-corrected chi connectivity index (χ3v) is 2.69. The molecule has 0 unspecified atom stereocenters. The first-order valence-electron chi connectivity index (χ1n) is 7.40. The van der Waals surface area contributed by atoms with Gasteiger partial charge in [-0.3, -0.25) is 4.79 Å². The predicted octanol–water partition coefficient (Wildman–Crippen LogP) is 2.36. The van der Waals surface area contributed by atoms with Gasteiger partial charge in [0.05, 0.1) is 6.54 Å². The van der Waals surface area contributed by atoms with E-state index in [9.17, 15) is 4.79 Å². The van der Waals surface area contributed by atoms with E-state index in [0.29, 0.717) is 12.5 Å². The number of carbonyl (C=O) groups is 1. The molecule has 0 aliphatic heterocycles. The van der Waals surface area contributed by atoms with Crippen molar-refractivity contribution in [3.05, 3.63) is 29.8 Å². The largest absolute Gasteiger partial charge is 0.357 e. The van der Waals surface area contributed by atoms with Crippen molar-refractivity contribution in [2.24, 2.45) is 10.9 Å². The maximum atomic E-state index is 11.1. The number of carbonyl (C=O) groups excluding carboxylic acids is 1. The van der Waals surface area contributed by atoms with Crippen molar-refractivity contribution in [1.29, 1.82) is 0 Å². The fraction of sp³-hybridized carbons (Fsp3) is 0.500. The van der Waals surface area contributed by atoms with Crippen LogP contribution in [0.3, 0.4) is 0 Å². The van der Waals surface area contributed by atoms with Gasteiger partial charge in [0.25, 0.3) is 0 Å². The number of hydrogen-bond acceptors (Lipinski definition) is 2. The standard InChI is InChI=1S/C16H26N4O/c1-5-17-16(18-10-12(2)3)19-11-14-7-6-8-15(9-14)20-13(4)21/h6-9,12H,5,10-11H2,1-4H3,(H,20,21)(H2,17,18,19). The highest BCUT2D eigenvalue weighted by atomic mass is 16.1. The normalized spacial score (nSPS) is 11.4. The smallest absolute Gasteiger partial charge is 0.221 e. The van der Waals surface area contributed by atoms with Crippen molar-refractivity contribution in [2.75, 3.05) is 18.4 Å². The van der Waals surface area contributed by atoms with Crippen molar-refractivity contribution >= 4 is 17.6 Å². The fourth-order valence-corrected chi connectivity index (χ4v) is 1.76. The molecule has 1 aromatic carbocycles. The molecule has 0 spiro atoms. The van der Waals surface area contributed by atoms with Gasteiger partial charge in [-0.15, -0.1) is 0 Å². The Morgan fingerprint density at radius 3 is 2.67 bits per heavy atom. The number of guanidine groups is 1. The van der Waals surface area contributed by atoms with E-state index >= 15 is 0 Å². The minimum atomic E-state index is -0.0670. The van der Waals surface area contributed by atoms with Gasteiger partial charge in [-0.1, -0.05) is 26.0 Å². The van der Waals surface area contributed by atoms with Gasteiger partial charge in [-0.25, -0.2) is 4.99 Å². The number of nitrogens with zero attached hydrogens (tertiary/aromatic N) is 1. The average molecular weight is 290 g/mol. The summed E-state index contributed by atoms with van der Waals surface area (Å²) in [6.45, 7) is 10.2. The maximum absolute atomic E-state index is 11.1. The highest BCUT2D eigenvalue weighted by Crippen LogP contribution is 2.11. The van der Waals surface area contributed by atoms with Crippen molar-refractivity contribution in [2.45, 2.75) is 34.2 Å². The van der Waals surface area contributed by atoms with Gasteiger partial charge in [-0.05, 0) is 30.5 Å². The van der Waals surface area contributed by atoms with Gasteiger partial charge >= 0.3 is 0 Å². The molecule has 0 aliphatic rings. The lowest BCUT2D eigenvalue weighted by Gasteiger charge is -2.13. The van der Waals surface area contributed by atoms with Crippen LogP contribution in [0.2, 0.25) is 0 Å². The Labute approximate surface area is 127 Å². The molecule has 0 bridgehead atoms. The van der Waals surface area contributed by atoms with Gasteiger partial charge in [0.15, 0.2) is 5.96 Å². The first-order chi connectivity index (χ1) is 10.0. The molecule has 0 aromatic heterocycles. The van der Waals surface area contributed by atoms with Crippen LogP contribution in [0.25, 0.3) is 0 Å². The second kappa shape index (κ2) is 9.00. The summed E-state index contributed by atoms with van der Waals surface area (Å²) in [5, 5.41) is 9.31. The molecule has 0 saturated carbocycles. The average Bonchev–Trinajstić information content (AvgIpc) is 2.41. The molecule has 0 heterocycles. The van der Waals surface area contributed by atoms with Crippen LogP contribution in [-0.4, -0.2) is 25.0 Å². The van der Waals surface area contributed by atoms with Gasteiger partial charge in [0.1, 0.15) is 0 Å². The fourth-order valence-electron chi connectivity index (χ4n) is 1.76. The molecule has 1 amide bonds. The summed E-state index contributed by atoms with van der Waals surface area (Å²) in [7, 11) is 0. The van der Waals surface area contributed by atoms with Crippen LogP contribution in [-0.2, 0) is 11.3 Å². The van der Waals surface area contributed by atoms with E-state index < -0.39 is 0 Å². The lowest BCUT2D eigenvalue weighted by Crippen LogP contribution is -2.39. The first-order valence-corrected chi connectivity index (χ1v) is 7.40. The lowest BCUT2D eigenvalue weighted by molar-refractivity contribution is -0.114. The minimum Gasteiger partial charge on any atom is -0.357 e. The highest BCUT2D eigenvalue weighted by Gasteiger charge is 2.01. The topological polar surface area (TPSA) is 65.5 Å². The molecule has 1 rings (SSSR count). The van der Waals surface area contributed by atoms with Crippen LogP contribution in [0.4, 0.5) is 5.69 Å². The van der Waals surface area contributed by atoms with E-state index in [1.54, 1.807) is 0 Å². The number of aliphatic imine (C=N–C) groups is 1. The first kappa shape index (κ1) is 17.0. The maximum Gasteiger partial charge on any atom is 0.221 e. The Morgan fingerprint density at radius 1 is 1.29 bits per heavy atom. The zero-order chi connectivity index (χ0) is 15.7. The van der Waals surface area contributed by atoms with E-state index in [4.69, 9.17) is 0 Å². The molecular formula is C16H26N4O. The molecule has 1 aromatic rings. The molecule has 3 N–H and O–H groups in total. The Balaban J connectivity index is 2.68. The Bertz CT molecular complexity index is 483. The predicted molar refractivity (Wildman–Crippen MR) is 88.4 cm³/mol. The zero-order valence-electron chi connectivity index (χ0n) is 13.4. The van der Waals surface area contributed by atoms with Gasteiger partial charge in [-0.2, -0.15) is 0 Å². The van der Waals surface area contributed by atoms with Crippen molar-refractivity contribution < 1.29 is 4.79 Å². The third kappa shape index (κ3) is 7.34. The van der Waals surface area contributed by atoms with Crippen molar-refractivity contribution in [3.63, 3.8) is 0 Å². The number of anilines is 1. The SMILES string of the molecule is CCNC(=NCc1cccc(NC(C)=O)c1)NCC(C)C. The van der Waals surface area contributed by atoms with Gasteiger partial charge in [0, 0.05) is 25.7 Å². The molecule has 0 fully saturated rings. The summed E-state index contributed by atoms with van der Waals surface area (Å²) in [6.07, 6.45) is 0. The Kier molecular flexibility index (Phi) is 7.29. The number of hydrogen-bond donors (Lipinski definition) is 3. The number of benzene rings is 1. The minimum absolute atomic E-state index is 0.0670. The van der Waals surface area contributed by atoms with Crippen LogP contribution in [0.15, 0.2) is 29.3 Å². The molecule has 0 radical (unpaired) electrons. The monoisotopic (exact) mass is 290 g/mol. The summed E-state index contributed by atoms with van der Waals surface area (Å²) >= 11 is 0. The highest BCUT2D eigenvalue weighted by molar-refractivity contribution is 5.88.